The Labute approximate surface area is 108 Å². The Bertz CT molecular complexity index is 486. The monoisotopic (exact) mass is 317 g/mol. The van der Waals surface area contributed by atoms with Crippen LogP contribution in [0.15, 0.2) is 10.7 Å². The molecule has 2 aliphatic heterocycles. The van der Waals surface area contributed by atoms with E-state index in [-0.39, 0.29) is 0 Å². The van der Waals surface area contributed by atoms with E-state index in [0.717, 1.165) is 36.3 Å². The Morgan fingerprint density at radius 3 is 2.41 bits per heavy atom. The van der Waals surface area contributed by atoms with Crippen LogP contribution in [0.3, 0.4) is 0 Å². The number of nitrogens with zero attached hydrogens (tertiary/aromatic N) is 4. The lowest BCUT2D eigenvalue weighted by atomic mass is 10.5. The highest BCUT2D eigenvalue weighted by molar-refractivity contribution is 9.10. The van der Waals surface area contributed by atoms with Crippen LogP contribution in [0.25, 0.3) is 0 Å². The second kappa shape index (κ2) is 4.02. The Morgan fingerprint density at radius 2 is 1.94 bits per heavy atom. The van der Waals surface area contributed by atoms with Crippen LogP contribution in [-0.2, 0) is 4.57 Å². The summed E-state index contributed by atoms with van der Waals surface area (Å²) in [4.78, 5) is 8.43. The lowest BCUT2D eigenvalue weighted by Crippen LogP contribution is -2.14. The molecule has 0 amide bonds. The molecule has 0 spiro atoms. The molecular formula is C9H13BrN5OP. The first kappa shape index (κ1) is 11.6. The average Bonchev–Trinajstić information content (AvgIpc) is 3.17. The van der Waals surface area contributed by atoms with E-state index < -0.39 is 7.59 Å². The van der Waals surface area contributed by atoms with E-state index in [9.17, 15) is 4.57 Å². The van der Waals surface area contributed by atoms with Crippen molar-refractivity contribution in [1.82, 2.24) is 19.3 Å². The normalized spacial score (nSPS) is 20.4. The van der Waals surface area contributed by atoms with E-state index in [1.165, 1.54) is 0 Å². The van der Waals surface area contributed by atoms with E-state index in [0.29, 0.717) is 5.95 Å². The van der Waals surface area contributed by atoms with Gasteiger partial charge in [-0.05, 0) is 22.9 Å². The van der Waals surface area contributed by atoms with Gasteiger partial charge >= 0.3 is 7.59 Å². The molecule has 0 atom stereocenters. The van der Waals surface area contributed by atoms with Crippen molar-refractivity contribution in [2.24, 2.45) is 0 Å². The molecule has 1 aromatic rings. The Hall–Kier alpha value is -0.490. The fourth-order valence-electron chi connectivity index (χ4n) is 1.59. The van der Waals surface area contributed by atoms with Gasteiger partial charge in [0.25, 0.3) is 0 Å². The van der Waals surface area contributed by atoms with Gasteiger partial charge in [0.15, 0.2) is 0 Å². The topological polar surface area (TPSA) is 60.9 Å². The summed E-state index contributed by atoms with van der Waals surface area (Å²) in [6, 6.07) is 0. The SMILES string of the molecule is Cc1nc(NP(=O)(N2CC2)N2CC2)ncc1Br. The third-order valence-electron chi connectivity index (χ3n) is 2.78. The second-order valence-electron chi connectivity index (χ2n) is 4.19. The number of aromatic nitrogens is 2. The highest BCUT2D eigenvalue weighted by Gasteiger charge is 2.48. The van der Waals surface area contributed by atoms with Gasteiger partial charge in [-0.25, -0.2) is 19.3 Å². The zero-order valence-electron chi connectivity index (χ0n) is 9.43. The van der Waals surface area contributed by atoms with Crippen molar-refractivity contribution in [3.63, 3.8) is 0 Å². The fraction of sp³-hybridized carbons (Fsp3) is 0.556. The Morgan fingerprint density at radius 1 is 1.35 bits per heavy atom. The predicted molar refractivity (Wildman–Crippen MR) is 68.8 cm³/mol. The molecule has 0 aromatic carbocycles. The van der Waals surface area contributed by atoms with Gasteiger partial charge in [0.2, 0.25) is 5.95 Å². The third-order valence-corrected chi connectivity index (χ3v) is 6.38. The van der Waals surface area contributed by atoms with Crippen molar-refractivity contribution in [3.8, 4) is 0 Å². The zero-order valence-corrected chi connectivity index (χ0v) is 11.9. The van der Waals surface area contributed by atoms with Gasteiger partial charge in [0.1, 0.15) is 0 Å². The first-order chi connectivity index (χ1) is 8.09. The molecule has 0 saturated carbocycles. The molecule has 0 radical (unpaired) electrons. The van der Waals surface area contributed by atoms with Gasteiger partial charge < -0.3 is 0 Å². The van der Waals surface area contributed by atoms with Crippen LogP contribution in [0.2, 0.25) is 0 Å². The Kier molecular flexibility index (Phi) is 2.74. The summed E-state index contributed by atoms with van der Waals surface area (Å²) in [5, 5.41) is 3.01. The number of anilines is 1. The van der Waals surface area contributed by atoms with Crippen molar-refractivity contribution in [3.05, 3.63) is 16.4 Å². The van der Waals surface area contributed by atoms with Crippen molar-refractivity contribution in [2.75, 3.05) is 31.3 Å². The Balaban J connectivity index is 1.84. The van der Waals surface area contributed by atoms with E-state index in [2.05, 4.69) is 31.0 Å². The molecule has 8 heteroatoms. The van der Waals surface area contributed by atoms with Gasteiger partial charge in [-0.3, -0.25) is 9.65 Å². The van der Waals surface area contributed by atoms with Crippen LogP contribution >= 0.6 is 23.5 Å². The number of halogens is 1. The summed E-state index contributed by atoms with van der Waals surface area (Å²) < 4.78 is 17.5. The maximum absolute atomic E-state index is 12.8. The van der Waals surface area contributed by atoms with Crippen LogP contribution in [0.5, 0.6) is 0 Å². The lowest BCUT2D eigenvalue weighted by molar-refractivity contribution is 0.523. The molecule has 6 nitrogen and oxygen atoms in total. The highest BCUT2D eigenvalue weighted by Crippen LogP contribution is 2.58. The van der Waals surface area contributed by atoms with Crippen molar-refractivity contribution < 1.29 is 4.57 Å². The molecule has 3 rings (SSSR count). The van der Waals surface area contributed by atoms with Gasteiger partial charge in [-0.2, -0.15) is 0 Å². The third kappa shape index (κ3) is 2.25. The molecular weight excluding hydrogens is 305 g/mol. The number of nitrogens with one attached hydrogen (secondary N) is 1. The van der Waals surface area contributed by atoms with Gasteiger partial charge in [-0.1, -0.05) is 0 Å². The smallest absolute Gasteiger partial charge is 0.281 e. The minimum atomic E-state index is -2.62. The highest BCUT2D eigenvalue weighted by atomic mass is 79.9. The van der Waals surface area contributed by atoms with Gasteiger partial charge in [-0.15, -0.1) is 0 Å². The summed E-state index contributed by atoms with van der Waals surface area (Å²) in [6.45, 7) is 5.43. The number of aryl methyl sites for hydroxylation is 1. The number of rotatable bonds is 4. The van der Waals surface area contributed by atoms with Crippen molar-refractivity contribution in [1.29, 1.82) is 0 Å². The van der Waals surface area contributed by atoms with E-state index >= 15 is 0 Å². The lowest BCUT2D eigenvalue weighted by Gasteiger charge is -2.20. The second-order valence-corrected chi connectivity index (χ2v) is 7.49. The van der Waals surface area contributed by atoms with Crippen molar-refractivity contribution in [2.45, 2.75) is 6.92 Å². The summed E-state index contributed by atoms with van der Waals surface area (Å²) >= 11 is 3.35. The molecule has 0 bridgehead atoms. The largest absolute Gasteiger partial charge is 0.311 e. The summed E-state index contributed by atoms with van der Waals surface area (Å²) in [7, 11) is -2.62. The summed E-state index contributed by atoms with van der Waals surface area (Å²) in [5.41, 5.74) is 0.839. The molecule has 92 valence electrons. The van der Waals surface area contributed by atoms with E-state index in [4.69, 9.17) is 0 Å². The number of hydrogen-bond donors (Lipinski definition) is 1. The minimum absolute atomic E-state index is 0.438. The molecule has 17 heavy (non-hydrogen) atoms. The first-order valence-electron chi connectivity index (χ1n) is 5.48. The van der Waals surface area contributed by atoms with Crippen LogP contribution in [0.4, 0.5) is 5.95 Å². The van der Waals surface area contributed by atoms with E-state index in [1.807, 2.05) is 16.3 Å². The standard InChI is InChI=1S/C9H13BrN5OP/c1-7-8(10)6-11-9(12-7)13-17(16,14-2-3-14)15-4-5-15/h6H,2-5H2,1H3,(H,11,12,13,16). The molecule has 3 heterocycles. The first-order valence-corrected chi connectivity index (χ1v) is 7.88. The molecule has 1 N–H and O–H groups in total. The minimum Gasteiger partial charge on any atom is -0.281 e. The van der Waals surface area contributed by atoms with Gasteiger partial charge in [0, 0.05) is 32.4 Å². The molecule has 0 unspecified atom stereocenters. The van der Waals surface area contributed by atoms with Crippen molar-refractivity contribution >= 4 is 29.5 Å². The fourth-order valence-corrected chi connectivity index (χ4v) is 4.05. The molecule has 2 fully saturated rings. The molecule has 2 saturated heterocycles. The number of hydrogen-bond acceptors (Lipinski definition) is 3. The summed E-state index contributed by atoms with van der Waals surface area (Å²) in [5.74, 6) is 0.438. The van der Waals surface area contributed by atoms with Crippen LogP contribution in [0, 0.1) is 6.92 Å². The van der Waals surface area contributed by atoms with Crippen LogP contribution in [-0.4, -0.2) is 45.5 Å². The maximum Gasteiger partial charge on any atom is 0.311 e. The van der Waals surface area contributed by atoms with E-state index in [1.54, 1.807) is 6.20 Å². The molecule has 1 aromatic heterocycles. The molecule has 0 aliphatic carbocycles. The van der Waals surface area contributed by atoms with Crippen LogP contribution < -0.4 is 5.09 Å². The zero-order chi connectivity index (χ0) is 12.0. The van der Waals surface area contributed by atoms with Crippen LogP contribution in [0.1, 0.15) is 5.69 Å². The van der Waals surface area contributed by atoms with Gasteiger partial charge in [0.05, 0.1) is 10.2 Å². The average molecular weight is 318 g/mol. The predicted octanol–water partition coefficient (Wildman–Crippen LogP) is 1.70. The summed E-state index contributed by atoms with van der Waals surface area (Å²) in [6.07, 6.45) is 1.68. The quantitative estimate of drug-likeness (QED) is 0.673. The molecule has 2 aliphatic rings. The maximum atomic E-state index is 12.8.